The number of nitrogens with two attached hydrogens (primary N) is 1. The van der Waals surface area contributed by atoms with Crippen molar-refractivity contribution in [3.8, 4) is 11.4 Å². The van der Waals surface area contributed by atoms with Gasteiger partial charge < -0.3 is 10.5 Å². The quantitative estimate of drug-likeness (QED) is 0.902. The van der Waals surface area contributed by atoms with E-state index in [0.717, 1.165) is 10.6 Å². The summed E-state index contributed by atoms with van der Waals surface area (Å²) in [5.41, 5.74) is 4.73. The molecule has 0 bridgehead atoms. The molecule has 2 heterocycles. The highest BCUT2D eigenvalue weighted by molar-refractivity contribution is 5.38. The van der Waals surface area contributed by atoms with E-state index < -0.39 is 17.7 Å². The highest BCUT2D eigenvalue weighted by Crippen LogP contribution is 2.19. The summed E-state index contributed by atoms with van der Waals surface area (Å²) >= 11 is 0. The molecule has 0 aliphatic carbocycles. The van der Waals surface area contributed by atoms with Crippen molar-refractivity contribution >= 4 is 5.82 Å². The number of aromatic nitrogens is 2. The van der Waals surface area contributed by atoms with Crippen LogP contribution in [0, 0.1) is 0 Å². The van der Waals surface area contributed by atoms with E-state index in [9.17, 15) is 18.0 Å². The van der Waals surface area contributed by atoms with Crippen molar-refractivity contribution in [1.29, 1.82) is 0 Å². The van der Waals surface area contributed by atoms with Gasteiger partial charge in [-0.15, -0.1) is 13.2 Å². The van der Waals surface area contributed by atoms with Gasteiger partial charge in [0.05, 0.1) is 11.9 Å². The third-order valence-corrected chi connectivity index (χ3v) is 2.19. The average Bonchev–Trinajstić information content (AvgIpc) is 2.32. The molecule has 0 aliphatic rings. The molecule has 100 valence electrons. The normalized spacial score (nSPS) is 11.3. The smallest absolute Gasteiger partial charge is 0.400 e. The van der Waals surface area contributed by atoms with Gasteiger partial charge in [-0.25, -0.2) is 4.98 Å². The van der Waals surface area contributed by atoms with Crippen LogP contribution < -0.4 is 16.0 Å². The van der Waals surface area contributed by atoms with Gasteiger partial charge in [-0.3, -0.25) is 9.36 Å². The molecule has 0 saturated heterocycles. The van der Waals surface area contributed by atoms with E-state index in [0.29, 0.717) is 0 Å². The first-order valence-electron chi connectivity index (χ1n) is 5.06. The van der Waals surface area contributed by atoms with Gasteiger partial charge in [-0.05, 0) is 24.3 Å². The van der Waals surface area contributed by atoms with Gasteiger partial charge in [0.25, 0.3) is 5.56 Å². The van der Waals surface area contributed by atoms with E-state index in [1.54, 1.807) is 0 Å². The SMILES string of the molecule is Nc1ccc(-n2cccc(OC(F)(F)F)c2=O)cn1. The molecule has 0 aliphatic heterocycles. The van der Waals surface area contributed by atoms with Crippen molar-refractivity contribution in [3.63, 3.8) is 0 Å². The summed E-state index contributed by atoms with van der Waals surface area (Å²) < 4.78 is 40.9. The Bertz CT molecular complexity index is 635. The predicted octanol–water partition coefficient (Wildman–Crippen LogP) is 1.71. The lowest BCUT2D eigenvalue weighted by Gasteiger charge is -2.10. The molecule has 2 aromatic rings. The van der Waals surface area contributed by atoms with E-state index in [-0.39, 0.29) is 11.5 Å². The second-order valence-electron chi connectivity index (χ2n) is 3.54. The zero-order valence-electron chi connectivity index (χ0n) is 9.39. The summed E-state index contributed by atoms with van der Waals surface area (Å²) in [7, 11) is 0. The molecule has 0 saturated carbocycles. The van der Waals surface area contributed by atoms with Crippen LogP contribution in [-0.4, -0.2) is 15.9 Å². The van der Waals surface area contributed by atoms with Crippen LogP contribution in [0.1, 0.15) is 0 Å². The first-order valence-corrected chi connectivity index (χ1v) is 5.06. The maximum absolute atomic E-state index is 12.1. The molecule has 2 N–H and O–H groups in total. The zero-order chi connectivity index (χ0) is 14.0. The van der Waals surface area contributed by atoms with Gasteiger partial charge in [0.15, 0.2) is 5.75 Å². The lowest BCUT2D eigenvalue weighted by Crippen LogP contribution is -2.26. The lowest BCUT2D eigenvalue weighted by molar-refractivity contribution is -0.275. The van der Waals surface area contributed by atoms with Crippen LogP contribution in [0.4, 0.5) is 19.0 Å². The number of ether oxygens (including phenoxy) is 1. The van der Waals surface area contributed by atoms with Gasteiger partial charge in [-0.1, -0.05) is 0 Å². The fraction of sp³-hybridized carbons (Fsp3) is 0.0909. The third kappa shape index (κ3) is 3.03. The number of hydrogen-bond donors (Lipinski definition) is 1. The Morgan fingerprint density at radius 1 is 1.26 bits per heavy atom. The summed E-state index contributed by atoms with van der Waals surface area (Å²) in [6.07, 6.45) is -2.34. The Balaban J connectivity index is 2.46. The highest BCUT2D eigenvalue weighted by atomic mass is 19.4. The molecule has 2 rings (SSSR count). The van der Waals surface area contributed by atoms with Gasteiger partial charge >= 0.3 is 6.36 Å². The summed E-state index contributed by atoms with van der Waals surface area (Å²) in [6.45, 7) is 0. The fourth-order valence-corrected chi connectivity index (χ4v) is 1.42. The fourth-order valence-electron chi connectivity index (χ4n) is 1.42. The topological polar surface area (TPSA) is 70.1 Å². The molecule has 0 fully saturated rings. The van der Waals surface area contributed by atoms with E-state index in [1.165, 1.54) is 30.6 Å². The van der Waals surface area contributed by atoms with Crippen molar-refractivity contribution in [2.75, 3.05) is 5.73 Å². The molecular formula is C11H8F3N3O2. The number of anilines is 1. The maximum Gasteiger partial charge on any atom is 0.573 e. The Labute approximate surface area is 105 Å². The Morgan fingerprint density at radius 3 is 2.58 bits per heavy atom. The summed E-state index contributed by atoms with van der Waals surface area (Å²) in [4.78, 5) is 15.6. The van der Waals surface area contributed by atoms with E-state index in [1.807, 2.05) is 0 Å². The van der Waals surface area contributed by atoms with Crippen LogP contribution in [0.5, 0.6) is 5.75 Å². The van der Waals surface area contributed by atoms with Gasteiger partial charge in [0.2, 0.25) is 0 Å². The molecule has 0 radical (unpaired) electrons. The number of alkyl halides is 3. The maximum atomic E-state index is 12.1. The number of nitrogens with zero attached hydrogens (tertiary/aromatic N) is 2. The van der Waals surface area contributed by atoms with E-state index in [4.69, 9.17) is 5.73 Å². The number of nitrogen functional groups attached to an aromatic ring is 1. The van der Waals surface area contributed by atoms with Crippen LogP contribution in [0.3, 0.4) is 0 Å². The first kappa shape index (κ1) is 12.9. The number of pyridine rings is 2. The summed E-state index contributed by atoms with van der Waals surface area (Å²) in [5.74, 6) is -0.577. The standard InChI is InChI=1S/C11H8F3N3O2/c12-11(13,14)19-8-2-1-5-17(10(8)18)7-3-4-9(15)16-6-7/h1-6H,(H2,15,16). The van der Waals surface area contributed by atoms with E-state index >= 15 is 0 Å². The monoisotopic (exact) mass is 271 g/mol. The number of halogens is 3. The Morgan fingerprint density at radius 2 is 2.00 bits per heavy atom. The molecule has 0 atom stereocenters. The molecule has 0 aromatic carbocycles. The zero-order valence-corrected chi connectivity index (χ0v) is 9.39. The van der Waals surface area contributed by atoms with Crippen LogP contribution in [0.2, 0.25) is 0 Å². The van der Waals surface area contributed by atoms with Crippen molar-refractivity contribution in [3.05, 3.63) is 47.0 Å². The third-order valence-electron chi connectivity index (χ3n) is 2.19. The van der Waals surface area contributed by atoms with E-state index in [2.05, 4.69) is 9.72 Å². The first-order chi connectivity index (χ1) is 8.87. The molecule has 0 unspecified atom stereocenters. The minimum atomic E-state index is -4.92. The second kappa shape index (κ2) is 4.63. The molecule has 2 aromatic heterocycles. The average molecular weight is 271 g/mol. The van der Waals surface area contributed by atoms with Crippen molar-refractivity contribution in [1.82, 2.24) is 9.55 Å². The minimum absolute atomic E-state index is 0.236. The van der Waals surface area contributed by atoms with Crippen LogP contribution >= 0.6 is 0 Å². The molecular weight excluding hydrogens is 263 g/mol. The molecule has 5 nitrogen and oxygen atoms in total. The van der Waals surface area contributed by atoms with Crippen LogP contribution in [-0.2, 0) is 0 Å². The van der Waals surface area contributed by atoms with Gasteiger partial charge in [0.1, 0.15) is 5.82 Å². The molecule has 0 spiro atoms. The number of rotatable bonds is 2. The minimum Gasteiger partial charge on any atom is -0.400 e. The second-order valence-corrected chi connectivity index (χ2v) is 3.54. The van der Waals surface area contributed by atoms with Crippen molar-refractivity contribution in [2.45, 2.75) is 6.36 Å². The van der Waals surface area contributed by atoms with Crippen LogP contribution in [0.15, 0.2) is 41.5 Å². The Kier molecular flexibility index (Phi) is 3.16. The molecule has 8 heteroatoms. The van der Waals surface area contributed by atoms with Crippen LogP contribution in [0.25, 0.3) is 5.69 Å². The van der Waals surface area contributed by atoms with Crippen molar-refractivity contribution < 1.29 is 17.9 Å². The largest absolute Gasteiger partial charge is 0.573 e. The lowest BCUT2D eigenvalue weighted by atomic mass is 10.3. The molecule has 0 amide bonds. The van der Waals surface area contributed by atoms with Gasteiger partial charge in [0, 0.05) is 6.20 Å². The predicted molar refractivity (Wildman–Crippen MR) is 60.9 cm³/mol. The summed E-state index contributed by atoms with van der Waals surface area (Å²) in [5, 5.41) is 0. The van der Waals surface area contributed by atoms with Crippen molar-refractivity contribution in [2.24, 2.45) is 0 Å². The number of hydrogen-bond acceptors (Lipinski definition) is 4. The molecule has 19 heavy (non-hydrogen) atoms. The van der Waals surface area contributed by atoms with Gasteiger partial charge in [-0.2, -0.15) is 0 Å². The summed E-state index contributed by atoms with van der Waals surface area (Å²) in [6, 6.07) is 5.09. The Hall–Kier alpha value is -2.51. The highest BCUT2D eigenvalue weighted by Gasteiger charge is 2.32.